The molecule has 2 N–H and O–H groups in total. The van der Waals surface area contributed by atoms with Crippen LogP contribution in [0.2, 0.25) is 0 Å². The minimum Gasteiger partial charge on any atom is -0.493 e. The number of benzene rings is 1. The number of likely N-dealkylation sites (tertiary alicyclic amines) is 1. The summed E-state index contributed by atoms with van der Waals surface area (Å²) in [6.07, 6.45) is 8.89. The highest BCUT2D eigenvalue weighted by molar-refractivity contribution is 5.80. The molecular formula is C22H36N4O. The molecule has 5 heteroatoms. The molecule has 0 amide bonds. The van der Waals surface area contributed by atoms with Crippen molar-refractivity contribution >= 4 is 5.96 Å². The lowest BCUT2D eigenvalue weighted by molar-refractivity contribution is 0.224. The summed E-state index contributed by atoms with van der Waals surface area (Å²) >= 11 is 0. The maximum atomic E-state index is 5.77. The zero-order valence-corrected chi connectivity index (χ0v) is 16.9. The summed E-state index contributed by atoms with van der Waals surface area (Å²) in [6, 6.07) is 8.58. The third-order valence-corrected chi connectivity index (χ3v) is 5.46. The van der Waals surface area contributed by atoms with Gasteiger partial charge in [0.15, 0.2) is 5.96 Å². The van der Waals surface area contributed by atoms with Crippen LogP contribution in [-0.2, 0) is 0 Å². The van der Waals surface area contributed by atoms with Gasteiger partial charge < -0.3 is 20.3 Å². The summed E-state index contributed by atoms with van der Waals surface area (Å²) in [6.45, 7) is 8.52. The first-order valence-electron chi connectivity index (χ1n) is 10.9. The zero-order chi connectivity index (χ0) is 18.7. The minimum atomic E-state index is 0.270. The predicted molar refractivity (Wildman–Crippen MR) is 113 cm³/mol. The van der Waals surface area contributed by atoms with Crippen molar-refractivity contribution in [1.82, 2.24) is 15.5 Å². The number of fused-ring (bicyclic) bond motifs is 1. The normalized spacial score (nSPS) is 20.6. The van der Waals surface area contributed by atoms with Crippen LogP contribution in [0.15, 0.2) is 29.3 Å². The van der Waals surface area contributed by atoms with Gasteiger partial charge in [0.25, 0.3) is 0 Å². The molecule has 2 heterocycles. The Bertz CT molecular complexity index is 583. The summed E-state index contributed by atoms with van der Waals surface area (Å²) in [5, 5.41) is 7.00. The molecule has 1 atom stereocenters. The fraction of sp³-hybridized carbons (Fsp3) is 0.682. The van der Waals surface area contributed by atoms with E-state index in [9.17, 15) is 0 Å². The van der Waals surface area contributed by atoms with Gasteiger partial charge in [0, 0.05) is 25.1 Å². The van der Waals surface area contributed by atoms with E-state index in [1.807, 2.05) is 6.07 Å². The van der Waals surface area contributed by atoms with Crippen molar-refractivity contribution < 1.29 is 4.74 Å². The van der Waals surface area contributed by atoms with Crippen LogP contribution in [0.3, 0.4) is 0 Å². The number of guanidine groups is 1. The predicted octanol–water partition coefficient (Wildman–Crippen LogP) is 3.72. The first-order valence-corrected chi connectivity index (χ1v) is 10.9. The summed E-state index contributed by atoms with van der Waals surface area (Å²) in [5.41, 5.74) is 1.23. The van der Waals surface area contributed by atoms with E-state index in [0.717, 1.165) is 44.2 Å². The first kappa shape index (κ1) is 20.0. The van der Waals surface area contributed by atoms with Gasteiger partial charge >= 0.3 is 0 Å². The van der Waals surface area contributed by atoms with E-state index in [2.05, 4.69) is 40.7 Å². The van der Waals surface area contributed by atoms with E-state index in [4.69, 9.17) is 9.73 Å². The summed E-state index contributed by atoms with van der Waals surface area (Å²) in [4.78, 5) is 7.43. The molecule has 150 valence electrons. The number of hydrogen-bond donors (Lipinski definition) is 2. The van der Waals surface area contributed by atoms with Gasteiger partial charge in [-0.25, -0.2) is 0 Å². The van der Waals surface area contributed by atoms with E-state index in [-0.39, 0.29) is 6.04 Å². The summed E-state index contributed by atoms with van der Waals surface area (Å²) < 4.78 is 5.77. The van der Waals surface area contributed by atoms with Crippen LogP contribution in [0.5, 0.6) is 5.75 Å². The number of nitrogens with one attached hydrogen (secondary N) is 2. The number of unbranched alkanes of at least 4 members (excludes halogenated alkanes) is 2. The Morgan fingerprint density at radius 3 is 2.85 bits per heavy atom. The van der Waals surface area contributed by atoms with Gasteiger partial charge in [-0.3, -0.25) is 4.99 Å². The van der Waals surface area contributed by atoms with Crippen molar-refractivity contribution in [1.29, 1.82) is 0 Å². The first-order chi connectivity index (χ1) is 13.4. The Morgan fingerprint density at radius 2 is 2.00 bits per heavy atom. The van der Waals surface area contributed by atoms with E-state index < -0.39 is 0 Å². The van der Waals surface area contributed by atoms with Crippen LogP contribution in [0.1, 0.15) is 63.5 Å². The zero-order valence-electron chi connectivity index (χ0n) is 16.9. The largest absolute Gasteiger partial charge is 0.493 e. The lowest BCUT2D eigenvalue weighted by Crippen LogP contribution is -2.41. The Balaban J connectivity index is 1.42. The van der Waals surface area contributed by atoms with Crippen LogP contribution in [0, 0.1) is 0 Å². The summed E-state index contributed by atoms with van der Waals surface area (Å²) in [5.74, 6) is 1.92. The molecular weight excluding hydrogens is 336 g/mol. The molecule has 0 aromatic heterocycles. The van der Waals surface area contributed by atoms with Gasteiger partial charge in [0.2, 0.25) is 0 Å². The highest BCUT2D eigenvalue weighted by atomic mass is 16.5. The molecule has 2 aliphatic rings. The highest BCUT2D eigenvalue weighted by Crippen LogP contribution is 2.31. The van der Waals surface area contributed by atoms with Crippen LogP contribution in [0.4, 0.5) is 0 Å². The number of ether oxygens (including phenoxy) is 1. The molecule has 2 aliphatic heterocycles. The second-order valence-corrected chi connectivity index (χ2v) is 7.60. The van der Waals surface area contributed by atoms with Gasteiger partial charge in [-0.2, -0.15) is 0 Å². The van der Waals surface area contributed by atoms with E-state index >= 15 is 0 Å². The lowest BCUT2D eigenvalue weighted by Gasteiger charge is -2.28. The smallest absolute Gasteiger partial charge is 0.191 e. The van der Waals surface area contributed by atoms with Crippen molar-refractivity contribution in [2.24, 2.45) is 4.99 Å². The molecule has 1 saturated heterocycles. The van der Waals surface area contributed by atoms with Gasteiger partial charge in [-0.1, -0.05) is 31.0 Å². The number of piperidine rings is 1. The Hall–Kier alpha value is -1.75. The number of aliphatic imine (C=N–C) groups is 1. The Labute approximate surface area is 164 Å². The number of nitrogens with zero attached hydrogens (tertiary/aromatic N) is 2. The molecule has 0 aliphatic carbocycles. The lowest BCUT2D eigenvalue weighted by atomic mass is 10.0. The van der Waals surface area contributed by atoms with Crippen molar-refractivity contribution in [3.63, 3.8) is 0 Å². The molecule has 0 spiro atoms. The van der Waals surface area contributed by atoms with Crippen LogP contribution in [0.25, 0.3) is 0 Å². The molecule has 5 nitrogen and oxygen atoms in total. The van der Waals surface area contributed by atoms with Gasteiger partial charge in [0.1, 0.15) is 5.75 Å². The number of rotatable bonds is 8. The van der Waals surface area contributed by atoms with Gasteiger partial charge in [-0.05, 0) is 58.3 Å². The molecule has 0 bridgehead atoms. The maximum absolute atomic E-state index is 5.77. The molecule has 27 heavy (non-hydrogen) atoms. The van der Waals surface area contributed by atoms with Gasteiger partial charge in [-0.15, -0.1) is 0 Å². The van der Waals surface area contributed by atoms with E-state index in [1.54, 1.807) is 0 Å². The quantitative estimate of drug-likeness (QED) is 0.415. The van der Waals surface area contributed by atoms with E-state index in [0.29, 0.717) is 0 Å². The maximum Gasteiger partial charge on any atom is 0.191 e. The van der Waals surface area contributed by atoms with Crippen LogP contribution < -0.4 is 15.4 Å². The fourth-order valence-corrected chi connectivity index (χ4v) is 3.97. The highest BCUT2D eigenvalue weighted by Gasteiger charge is 2.21. The average molecular weight is 373 g/mol. The van der Waals surface area contributed by atoms with E-state index in [1.165, 1.54) is 57.3 Å². The molecule has 1 unspecified atom stereocenters. The standard InChI is InChI=1S/C22H36N4O/c1-2-23-22(24-14-7-3-8-15-26-16-9-4-10-17-26)25-20-13-18-27-21-12-6-5-11-19(20)21/h5-6,11-12,20H,2-4,7-10,13-18H2,1H3,(H2,23,24,25). The topological polar surface area (TPSA) is 48.9 Å². The Morgan fingerprint density at radius 1 is 1.15 bits per heavy atom. The molecule has 1 fully saturated rings. The van der Waals surface area contributed by atoms with Crippen molar-refractivity contribution in [3.8, 4) is 5.75 Å². The second-order valence-electron chi connectivity index (χ2n) is 7.60. The SMILES string of the molecule is CCNC(=NCCCCCN1CCCCC1)NC1CCOc2ccccc21. The average Bonchev–Trinajstić information content (AvgIpc) is 2.71. The minimum absolute atomic E-state index is 0.270. The number of hydrogen-bond acceptors (Lipinski definition) is 3. The second kappa shape index (κ2) is 11.2. The molecule has 3 rings (SSSR count). The fourth-order valence-electron chi connectivity index (χ4n) is 3.97. The molecule has 0 radical (unpaired) electrons. The monoisotopic (exact) mass is 372 g/mol. The molecule has 0 saturated carbocycles. The Kier molecular flexibility index (Phi) is 8.28. The van der Waals surface area contributed by atoms with Crippen molar-refractivity contribution in [2.75, 3.05) is 39.3 Å². The van der Waals surface area contributed by atoms with Crippen LogP contribution >= 0.6 is 0 Å². The van der Waals surface area contributed by atoms with Crippen molar-refractivity contribution in [3.05, 3.63) is 29.8 Å². The summed E-state index contributed by atoms with van der Waals surface area (Å²) in [7, 11) is 0. The molecule has 1 aromatic rings. The molecule has 1 aromatic carbocycles. The van der Waals surface area contributed by atoms with Gasteiger partial charge in [0.05, 0.1) is 12.6 Å². The third-order valence-electron chi connectivity index (χ3n) is 5.46. The van der Waals surface area contributed by atoms with Crippen molar-refractivity contribution in [2.45, 2.75) is 57.9 Å². The van der Waals surface area contributed by atoms with Crippen LogP contribution in [-0.4, -0.2) is 50.2 Å². The number of para-hydroxylation sites is 1. The third kappa shape index (κ3) is 6.42.